The van der Waals surface area contributed by atoms with Crippen LogP contribution >= 0.6 is 34.8 Å². The van der Waals surface area contributed by atoms with E-state index in [0.29, 0.717) is 15.9 Å². The molecule has 3 aromatic rings. The third kappa shape index (κ3) is 2.28. The Hall–Kier alpha value is -1.22. The van der Waals surface area contributed by atoms with E-state index >= 15 is 0 Å². The normalized spacial score (nSPS) is 11.2. The molecule has 0 saturated heterocycles. The summed E-state index contributed by atoms with van der Waals surface area (Å²) in [6, 6.07) is 11.5. The first-order valence-corrected chi connectivity index (χ1v) is 7.38. The van der Waals surface area contributed by atoms with Crippen molar-refractivity contribution < 1.29 is 0 Å². The highest BCUT2D eigenvalue weighted by Crippen LogP contribution is 2.29. The van der Waals surface area contributed by atoms with E-state index in [4.69, 9.17) is 34.8 Å². The predicted molar refractivity (Wildman–Crippen MR) is 85.4 cm³/mol. The van der Waals surface area contributed by atoms with Crippen molar-refractivity contribution in [3.63, 3.8) is 0 Å². The Morgan fingerprint density at radius 3 is 2.60 bits per heavy atom. The van der Waals surface area contributed by atoms with Crippen molar-refractivity contribution in [1.29, 1.82) is 0 Å². The van der Waals surface area contributed by atoms with E-state index in [-0.39, 0.29) is 0 Å². The van der Waals surface area contributed by atoms with Crippen molar-refractivity contribution in [1.82, 2.24) is 9.55 Å². The third-order valence-corrected chi connectivity index (χ3v) is 3.93. The van der Waals surface area contributed by atoms with Gasteiger partial charge in [0.15, 0.2) is 0 Å². The molecule has 0 atom stereocenters. The third-order valence-electron chi connectivity index (χ3n) is 3.15. The van der Waals surface area contributed by atoms with E-state index in [0.717, 1.165) is 28.1 Å². The Kier molecular flexibility index (Phi) is 3.63. The van der Waals surface area contributed by atoms with Gasteiger partial charge >= 0.3 is 0 Å². The summed E-state index contributed by atoms with van der Waals surface area (Å²) in [4.78, 5) is 4.52. The molecule has 1 aromatic heterocycles. The number of hydrogen-bond acceptors (Lipinski definition) is 1. The molecular formula is C15H11Cl3N2. The van der Waals surface area contributed by atoms with Crippen LogP contribution in [0.5, 0.6) is 0 Å². The maximum atomic E-state index is 6.36. The summed E-state index contributed by atoms with van der Waals surface area (Å²) in [6.45, 7) is 2.00. The average Bonchev–Trinajstić information content (AvgIpc) is 2.76. The lowest BCUT2D eigenvalue weighted by molar-refractivity contribution is 0.981. The minimum Gasteiger partial charge on any atom is -0.294 e. The lowest BCUT2D eigenvalue weighted by Gasteiger charge is -2.10. The van der Waals surface area contributed by atoms with Crippen molar-refractivity contribution >= 4 is 45.8 Å². The molecule has 0 saturated carbocycles. The van der Waals surface area contributed by atoms with Crippen LogP contribution < -0.4 is 0 Å². The highest BCUT2D eigenvalue weighted by molar-refractivity contribution is 6.32. The van der Waals surface area contributed by atoms with Crippen molar-refractivity contribution in [2.75, 3.05) is 0 Å². The molecule has 0 aliphatic rings. The second-order valence-corrected chi connectivity index (χ2v) is 5.70. The van der Waals surface area contributed by atoms with Gasteiger partial charge in [0, 0.05) is 5.02 Å². The quantitative estimate of drug-likeness (QED) is 0.578. The predicted octanol–water partition coefficient (Wildman–Crippen LogP) is 5.38. The van der Waals surface area contributed by atoms with Gasteiger partial charge in [0.05, 0.1) is 27.6 Å². The summed E-state index contributed by atoms with van der Waals surface area (Å²) in [5, 5.41) is 1.32. The van der Waals surface area contributed by atoms with Crippen LogP contribution in [-0.2, 0) is 5.88 Å². The molecule has 0 amide bonds. The molecule has 0 aliphatic carbocycles. The van der Waals surface area contributed by atoms with Crippen LogP contribution in [0.2, 0.25) is 10.0 Å². The molecule has 0 aliphatic heterocycles. The van der Waals surface area contributed by atoms with Crippen LogP contribution in [0, 0.1) is 6.92 Å². The fraction of sp³-hybridized carbons (Fsp3) is 0.133. The molecule has 20 heavy (non-hydrogen) atoms. The summed E-state index contributed by atoms with van der Waals surface area (Å²) < 4.78 is 1.97. The lowest BCUT2D eigenvalue weighted by Crippen LogP contribution is -2.00. The molecule has 0 spiro atoms. The largest absolute Gasteiger partial charge is 0.294 e. The number of aryl methyl sites for hydroxylation is 1. The summed E-state index contributed by atoms with van der Waals surface area (Å²) in [5.74, 6) is 1.05. The van der Waals surface area contributed by atoms with Gasteiger partial charge in [-0.1, -0.05) is 29.3 Å². The van der Waals surface area contributed by atoms with E-state index in [1.807, 2.05) is 47.9 Å². The number of rotatable bonds is 2. The number of benzene rings is 2. The Labute approximate surface area is 131 Å². The zero-order valence-electron chi connectivity index (χ0n) is 10.7. The second kappa shape index (κ2) is 5.28. The van der Waals surface area contributed by atoms with Gasteiger partial charge in [-0.15, -0.1) is 11.6 Å². The highest BCUT2D eigenvalue weighted by Gasteiger charge is 2.14. The van der Waals surface area contributed by atoms with Gasteiger partial charge < -0.3 is 0 Å². The van der Waals surface area contributed by atoms with Gasteiger partial charge in [-0.05, 0) is 42.8 Å². The summed E-state index contributed by atoms with van der Waals surface area (Å²) in [6.07, 6.45) is 0. The van der Waals surface area contributed by atoms with Crippen LogP contribution in [0.1, 0.15) is 11.4 Å². The van der Waals surface area contributed by atoms with Gasteiger partial charge in [0.1, 0.15) is 5.82 Å². The number of alkyl halides is 1. The van der Waals surface area contributed by atoms with Crippen molar-refractivity contribution in [2.45, 2.75) is 12.8 Å². The number of imidazole rings is 1. The Balaban J connectivity index is 2.34. The topological polar surface area (TPSA) is 17.8 Å². The van der Waals surface area contributed by atoms with Crippen LogP contribution in [-0.4, -0.2) is 9.55 Å². The van der Waals surface area contributed by atoms with E-state index in [1.54, 1.807) is 0 Å². The van der Waals surface area contributed by atoms with Gasteiger partial charge in [-0.25, -0.2) is 4.98 Å². The van der Waals surface area contributed by atoms with E-state index in [9.17, 15) is 0 Å². The van der Waals surface area contributed by atoms with Crippen molar-refractivity contribution in [3.8, 4) is 5.69 Å². The zero-order valence-corrected chi connectivity index (χ0v) is 13.0. The first-order valence-electron chi connectivity index (χ1n) is 6.09. The second-order valence-electron chi connectivity index (χ2n) is 4.58. The smallest absolute Gasteiger partial charge is 0.129 e. The van der Waals surface area contributed by atoms with Crippen LogP contribution in [0.15, 0.2) is 36.4 Å². The molecule has 1 heterocycles. The van der Waals surface area contributed by atoms with E-state index in [1.165, 1.54) is 0 Å². The summed E-state index contributed by atoms with van der Waals surface area (Å²) >= 11 is 18.4. The first-order chi connectivity index (χ1) is 9.60. The molecule has 0 unspecified atom stereocenters. The fourth-order valence-corrected chi connectivity index (χ4v) is 2.92. The van der Waals surface area contributed by atoms with Crippen LogP contribution in [0.4, 0.5) is 0 Å². The summed E-state index contributed by atoms with van der Waals surface area (Å²) in [7, 11) is 0. The molecule has 3 rings (SSSR count). The Morgan fingerprint density at radius 2 is 1.90 bits per heavy atom. The number of nitrogens with zero attached hydrogens (tertiary/aromatic N) is 2. The van der Waals surface area contributed by atoms with Gasteiger partial charge in [0.2, 0.25) is 0 Å². The number of fused-ring (bicyclic) bond motifs is 1. The number of aromatic nitrogens is 2. The molecule has 0 N–H and O–H groups in total. The molecule has 0 radical (unpaired) electrons. The van der Waals surface area contributed by atoms with Crippen LogP contribution in [0.25, 0.3) is 16.7 Å². The number of halogens is 3. The van der Waals surface area contributed by atoms with Gasteiger partial charge in [-0.3, -0.25) is 4.57 Å². The van der Waals surface area contributed by atoms with Gasteiger partial charge in [0.25, 0.3) is 0 Å². The molecule has 102 valence electrons. The minimum absolute atomic E-state index is 0.302. The molecule has 5 heteroatoms. The molecular weight excluding hydrogens is 315 g/mol. The van der Waals surface area contributed by atoms with Crippen molar-refractivity contribution in [2.24, 2.45) is 0 Å². The monoisotopic (exact) mass is 324 g/mol. The molecule has 0 bridgehead atoms. The van der Waals surface area contributed by atoms with Gasteiger partial charge in [-0.2, -0.15) is 0 Å². The minimum atomic E-state index is 0.302. The first kappa shape index (κ1) is 13.7. The maximum absolute atomic E-state index is 6.36. The summed E-state index contributed by atoms with van der Waals surface area (Å²) in [5.41, 5.74) is 3.73. The standard InChI is InChI=1S/C15H11Cl3N2/c1-9-2-4-13(11(18)6-9)20-14-5-3-10(17)7-12(14)19-15(20)8-16/h2-7H,8H2,1H3. The Morgan fingerprint density at radius 1 is 1.10 bits per heavy atom. The maximum Gasteiger partial charge on any atom is 0.129 e. The fourth-order valence-electron chi connectivity index (χ4n) is 2.26. The Bertz CT molecular complexity index is 793. The lowest BCUT2D eigenvalue weighted by atomic mass is 10.2. The van der Waals surface area contributed by atoms with Crippen molar-refractivity contribution in [3.05, 3.63) is 57.8 Å². The molecule has 0 fully saturated rings. The zero-order chi connectivity index (χ0) is 14.3. The average molecular weight is 326 g/mol. The van der Waals surface area contributed by atoms with Crippen LogP contribution in [0.3, 0.4) is 0 Å². The molecule has 2 nitrogen and oxygen atoms in total. The van der Waals surface area contributed by atoms with E-state index in [2.05, 4.69) is 4.98 Å². The highest BCUT2D eigenvalue weighted by atomic mass is 35.5. The SMILES string of the molecule is Cc1ccc(-n2c(CCl)nc3cc(Cl)ccc32)c(Cl)c1. The van der Waals surface area contributed by atoms with E-state index < -0.39 is 0 Å². The molecule has 2 aromatic carbocycles. The number of hydrogen-bond donors (Lipinski definition) is 0.